The molecule has 0 atom stereocenters. The van der Waals surface area contributed by atoms with Gasteiger partial charge in [0.15, 0.2) is 0 Å². The zero-order chi connectivity index (χ0) is 29.7. The zero-order valence-corrected chi connectivity index (χ0v) is 25.8. The van der Waals surface area contributed by atoms with Gasteiger partial charge in [0, 0.05) is 19.3 Å². The highest BCUT2D eigenvalue weighted by molar-refractivity contribution is 5.67. The Hall–Kier alpha value is -1.89. The van der Waals surface area contributed by atoms with Gasteiger partial charge in [-0.15, -0.1) is 0 Å². The molecule has 0 saturated heterocycles. The molecule has 7 nitrogen and oxygen atoms in total. The van der Waals surface area contributed by atoms with E-state index in [2.05, 4.69) is 19.1 Å². The van der Waals surface area contributed by atoms with Crippen LogP contribution < -0.4 is 0 Å². The van der Waals surface area contributed by atoms with Gasteiger partial charge >= 0.3 is 17.9 Å². The van der Waals surface area contributed by atoms with E-state index in [0.29, 0.717) is 43.4 Å². The normalized spacial score (nSPS) is 11.8. The Morgan fingerprint density at radius 3 is 1.10 bits per heavy atom. The number of carboxylic acid groups (broad SMARTS) is 3. The molecule has 0 radical (unpaired) electrons. The molecule has 0 aliphatic carbocycles. The highest BCUT2D eigenvalue weighted by atomic mass is 16.4. The van der Waals surface area contributed by atoms with Gasteiger partial charge in [0.05, 0.1) is 45.4 Å². The number of nitrogens with zero attached hydrogens (tertiary/aromatic N) is 1. The molecule has 0 fully saturated rings. The minimum absolute atomic E-state index is 0.0906. The summed E-state index contributed by atoms with van der Waals surface area (Å²) in [6.07, 6.45) is 28.2. The Balaban J connectivity index is 4.14. The van der Waals surface area contributed by atoms with Gasteiger partial charge < -0.3 is 19.8 Å². The van der Waals surface area contributed by atoms with E-state index in [4.69, 9.17) is 15.3 Å². The summed E-state index contributed by atoms with van der Waals surface area (Å²) in [6, 6.07) is 0. The molecular weight excluding hydrogens is 506 g/mol. The van der Waals surface area contributed by atoms with E-state index < -0.39 is 17.9 Å². The van der Waals surface area contributed by atoms with Crippen molar-refractivity contribution in [3.63, 3.8) is 0 Å². The van der Waals surface area contributed by atoms with Crippen molar-refractivity contribution in [3.05, 3.63) is 12.2 Å². The van der Waals surface area contributed by atoms with Crippen LogP contribution in [0, 0.1) is 0 Å². The van der Waals surface area contributed by atoms with Crippen LogP contribution in [0.2, 0.25) is 0 Å². The summed E-state index contributed by atoms with van der Waals surface area (Å²) in [5.74, 6) is -2.47. The summed E-state index contributed by atoms with van der Waals surface area (Å²) < 4.78 is 0.640. The van der Waals surface area contributed by atoms with Crippen LogP contribution in [0.1, 0.15) is 155 Å². The van der Waals surface area contributed by atoms with Crippen LogP contribution in [-0.4, -0.2) is 63.9 Å². The Labute approximate surface area is 245 Å². The average molecular weight is 569 g/mol. The van der Waals surface area contributed by atoms with Gasteiger partial charge in [0.1, 0.15) is 0 Å². The second-order valence-electron chi connectivity index (χ2n) is 11.7. The lowest BCUT2D eigenvalue weighted by atomic mass is 10.0. The molecule has 0 bridgehead atoms. The Bertz CT molecular complexity index is 613. The molecule has 234 valence electrons. The lowest BCUT2D eigenvalue weighted by Crippen LogP contribution is -2.51. The second-order valence-corrected chi connectivity index (χ2v) is 11.7. The number of aliphatic carboxylic acids is 3. The fourth-order valence-corrected chi connectivity index (χ4v) is 5.59. The van der Waals surface area contributed by atoms with Crippen LogP contribution in [0.5, 0.6) is 0 Å². The number of quaternary nitrogens is 1. The first-order valence-corrected chi connectivity index (χ1v) is 16.5. The minimum Gasteiger partial charge on any atom is -0.481 e. The van der Waals surface area contributed by atoms with Crippen molar-refractivity contribution in [1.29, 1.82) is 0 Å². The third kappa shape index (κ3) is 26.3. The minimum atomic E-state index is -0.825. The van der Waals surface area contributed by atoms with E-state index in [1.165, 1.54) is 96.3 Å². The van der Waals surface area contributed by atoms with Gasteiger partial charge in [-0.3, -0.25) is 14.4 Å². The van der Waals surface area contributed by atoms with E-state index in [9.17, 15) is 14.4 Å². The summed E-state index contributed by atoms with van der Waals surface area (Å²) in [5, 5.41) is 27.3. The second kappa shape index (κ2) is 27.3. The van der Waals surface area contributed by atoms with Crippen LogP contribution >= 0.6 is 0 Å². The number of allylic oxidation sites excluding steroid dienone is 2. The first-order chi connectivity index (χ1) is 19.3. The molecule has 0 unspecified atom stereocenters. The predicted molar refractivity (Wildman–Crippen MR) is 164 cm³/mol. The Morgan fingerprint density at radius 1 is 0.450 bits per heavy atom. The number of carbonyl (C=O) groups is 3. The van der Waals surface area contributed by atoms with E-state index in [1.54, 1.807) is 0 Å². The lowest BCUT2D eigenvalue weighted by Gasteiger charge is -2.39. The molecule has 0 rings (SSSR count). The smallest absolute Gasteiger partial charge is 0.303 e. The fourth-order valence-electron chi connectivity index (χ4n) is 5.59. The van der Waals surface area contributed by atoms with Crippen molar-refractivity contribution in [3.8, 4) is 0 Å². The maximum Gasteiger partial charge on any atom is 0.303 e. The first-order valence-electron chi connectivity index (χ1n) is 16.5. The van der Waals surface area contributed by atoms with E-state index >= 15 is 0 Å². The van der Waals surface area contributed by atoms with E-state index in [0.717, 1.165) is 19.4 Å². The molecule has 0 amide bonds. The van der Waals surface area contributed by atoms with Crippen molar-refractivity contribution < 1.29 is 34.2 Å². The molecule has 0 aromatic heterocycles. The van der Waals surface area contributed by atoms with Crippen LogP contribution in [0.25, 0.3) is 0 Å². The van der Waals surface area contributed by atoms with Crippen molar-refractivity contribution in [2.45, 2.75) is 155 Å². The number of carboxylic acids is 3. The Morgan fingerprint density at radius 2 is 0.750 bits per heavy atom. The zero-order valence-electron chi connectivity index (χ0n) is 25.8. The standard InChI is InChI=1S/C33H61NO6/c1-2-3-4-5-6-7-8-9-10-11-12-13-14-15-16-17-18-19-20-27-34(28-21-24-31(35)36,29-22-25-32(37)38)30-23-26-33(39)40/h9-10H,2-8,11-30H2,1H3,(H2-,35,36,37,38,39,40)/p+1/b10-9+. The molecule has 0 aromatic carbocycles. The molecule has 0 aromatic rings. The van der Waals surface area contributed by atoms with Crippen molar-refractivity contribution >= 4 is 17.9 Å². The fraction of sp³-hybridized carbons (Fsp3) is 0.848. The van der Waals surface area contributed by atoms with Crippen molar-refractivity contribution in [2.24, 2.45) is 0 Å². The molecule has 0 heterocycles. The van der Waals surface area contributed by atoms with E-state index in [1.807, 2.05) is 0 Å². The van der Waals surface area contributed by atoms with E-state index in [-0.39, 0.29) is 19.3 Å². The average Bonchev–Trinajstić information content (AvgIpc) is 2.89. The monoisotopic (exact) mass is 568 g/mol. The Kier molecular flexibility index (Phi) is 26.0. The van der Waals surface area contributed by atoms with Crippen LogP contribution in [0.3, 0.4) is 0 Å². The highest BCUT2D eigenvalue weighted by Gasteiger charge is 2.27. The van der Waals surface area contributed by atoms with Gasteiger partial charge in [0.2, 0.25) is 0 Å². The molecule has 0 aliphatic rings. The van der Waals surface area contributed by atoms with Crippen molar-refractivity contribution in [2.75, 3.05) is 26.2 Å². The SMILES string of the molecule is CCCCCCCC/C=C/CCCCCCCCCCC[N+](CCCC(=O)O)(CCCC(=O)O)CCCC(=O)O. The molecule has 3 N–H and O–H groups in total. The molecule has 40 heavy (non-hydrogen) atoms. The lowest BCUT2D eigenvalue weighted by molar-refractivity contribution is -0.929. The molecule has 0 aliphatic heterocycles. The quantitative estimate of drug-likeness (QED) is 0.0438. The first kappa shape index (κ1) is 38.1. The number of unbranched alkanes of at least 4 members (excludes halogenated alkanes) is 15. The third-order valence-corrected chi connectivity index (χ3v) is 7.96. The summed E-state index contributed by atoms with van der Waals surface area (Å²) in [7, 11) is 0. The molecular formula is C33H62NO6+. The topological polar surface area (TPSA) is 112 Å². The van der Waals surface area contributed by atoms with Gasteiger partial charge in [0.25, 0.3) is 0 Å². The number of hydrogen-bond acceptors (Lipinski definition) is 3. The van der Waals surface area contributed by atoms with Gasteiger partial charge in [-0.2, -0.15) is 0 Å². The maximum absolute atomic E-state index is 11.1. The summed E-state index contributed by atoms with van der Waals surface area (Å²) in [4.78, 5) is 33.2. The largest absolute Gasteiger partial charge is 0.481 e. The maximum atomic E-state index is 11.1. The highest BCUT2D eigenvalue weighted by Crippen LogP contribution is 2.19. The van der Waals surface area contributed by atoms with Crippen LogP contribution in [0.4, 0.5) is 0 Å². The van der Waals surface area contributed by atoms with Crippen molar-refractivity contribution in [1.82, 2.24) is 0 Å². The summed E-state index contributed by atoms with van der Waals surface area (Å²) in [6.45, 7) is 5.13. The number of hydrogen-bond donors (Lipinski definition) is 3. The predicted octanol–water partition coefficient (Wildman–Crippen LogP) is 8.61. The van der Waals surface area contributed by atoms with Crippen LogP contribution in [0.15, 0.2) is 12.2 Å². The molecule has 0 spiro atoms. The summed E-state index contributed by atoms with van der Waals surface area (Å²) in [5.41, 5.74) is 0. The third-order valence-electron chi connectivity index (χ3n) is 7.96. The van der Waals surface area contributed by atoms with Gasteiger partial charge in [-0.05, 0) is 38.5 Å². The van der Waals surface area contributed by atoms with Gasteiger partial charge in [-0.1, -0.05) is 89.7 Å². The van der Waals surface area contributed by atoms with Gasteiger partial charge in [-0.25, -0.2) is 0 Å². The molecule has 0 saturated carbocycles. The number of rotatable bonds is 31. The molecule has 7 heteroatoms. The summed E-state index contributed by atoms with van der Waals surface area (Å²) >= 11 is 0. The van der Waals surface area contributed by atoms with Crippen LogP contribution in [-0.2, 0) is 14.4 Å².